The van der Waals surface area contributed by atoms with Crippen LogP contribution in [0.5, 0.6) is 0 Å². The Morgan fingerprint density at radius 2 is 1.35 bits per heavy atom. The summed E-state index contributed by atoms with van der Waals surface area (Å²) in [5.74, 6) is -1.04. The Morgan fingerprint density at radius 1 is 0.707 bits per heavy atom. The first-order chi connectivity index (χ1) is 36.0. The number of hydrogen-bond donors (Lipinski definition) is 1. The molecule has 18 atom stereocenters. The lowest BCUT2D eigenvalue weighted by Crippen LogP contribution is -2.62. The van der Waals surface area contributed by atoms with Crippen LogP contribution in [0.15, 0.2) is 24.3 Å². The van der Waals surface area contributed by atoms with E-state index in [1.807, 2.05) is 0 Å². The average molecular weight is 1110 g/mol. The van der Waals surface area contributed by atoms with E-state index in [1.54, 1.807) is 7.11 Å². The second-order valence-electron chi connectivity index (χ2n) is 23.8. The van der Waals surface area contributed by atoms with E-state index in [0.29, 0.717) is 45.1 Å². The number of ether oxygens (including phenoxy) is 9. The van der Waals surface area contributed by atoms with Gasteiger partial charge >= 0.3 is 5.97 Å². The first kappa shape index (κ1) is 61.7. The third kappa shape index (κ3) is 13.7. The summed E-state index contributed by atoms with van der Waals surface area (Å²) in [5, 5.41) is 9.85. The predicted octanol–water partition coefficient (Wildman–Crippen LogP) is 11.3. The lowest BCUT2D eigenvalue weighted by molar-refractivity contribution is -0.271. The van der Waals surface area contributed by atoms with Crippen molar-refractivity contribution < 1.29 is 65.8 Å². The Kier molecular flexibility index (Phi) is 22.4. The van der Waals surface area contributed by atoms with Crippen LogP contribution >= 0.6 is 0 Å². The normalized spacial score (nSPS) is 37.2. The van der Waals surface area contributed by atoms with Crippen LogP contribution < -0.4 is 0 Å². The molecule has 6 bridgehead atoms. The van der Waals surface area contributed by atoms with Crippen LogP contribution in [0, 0.1) is 11.8 Å². The van der Waals surface area contributed by atoms with Crippen LogP contribution in [0.1, 0.15) is 146 Å². The van der Waals surface area contributed by atoms with Gasteiger partial charge in [-0.1, -0.05) is 82.4 Å². The Hall–Kier alpha value is -0.879. The first-order valence-electron chi connectivity index (χ1n) is 30.2. The lowest BCUT2D eigenvalue weighted by Gasteiger charge is -2.47. The summed E-state index contributed by atoms with van der Waals surface area (Å²) >= 11 is 0. The smallest absolute Gasteiger partial charge is 0.305 e. The van der Waals surface area contributed by atoms with E-state index in [9.17, 15) is 9.90 Å². The molecule has 0 aromatic rings. The van der Waals surface area contributed by atoms with Crippen molar-refractivity contribution in [1.82, 2.24) is 0 Å². The molecule has 0 aromatic heterocycles. The van der Waals surface area contributed by atoms with Gasteiger partial charge in [-0.3, -0.25) is 4.79 Å². The van der Waals surface area contributed by atoms with Crippen LogP contribution in [0.25, 0.3) is 0 Å². The molecular weight excluding hydrogens is 1000 g/mol. The van der Waals surface area contributed by atoms with E-state index in [4.69, 9.17) is 55.9 Å². The van der Waals surface area contributed by atoms with Gasteiger partial charge in [0.2, 0.25) is 0 Å². The molecule has 8 aliphatic rings. The van der Waals surface area contributed by atoms with Gasteiger partial charge < -0.3 is 61.0 Å². The molecule has 8 heterocycles. The third-order valence-corrected chi connectivity index (χ3v) is 34.1. The van der Waals surface area contributed by atoms with Gasteiger partial charge in [-0.15, -0.1) is 0 Å². The van der Waals surface area contributed by atoms with E-state index < -0.39 is 30.7 Å². The van der Waals surface area contributed by atoms with Crippen LogP contribution in [0.2, 0.25) is 54.4 Å². The predicted molar refractivity (Wildman–Crippen MR) is 299 cm³/mol. The molecule has 8 aliphatic heterocycles. The van der Waals surface area contributed by atoms with Gasteiger partial charge in [0.15, 0.2) is 30.7 Å². The number of carbonyl (C=O) groups is 1. The van der Waals surface area contributed by atoms with Crippen molar-refractivity contribution in [1.29, 1.82) is 0 Å². The highest BCUT2D eigenvalue weighted by atomic mass is 28.4. The van der Waals surface area contributed by atoms with E-state index in [-0.39, 0.29) is 122 Å². The summed E-state index contributed by atoms with van der Waals surface area (Å²) in [5.41, 5.74) is 2.20. The fourth-order valence-corrected chi connectivity index (χ4v) is 22.8. The molecule has 75 heavy (non-hydrogen) atoms. The molecule has 0 aliphatic carbocycles. The molecule has 8 rings (SSSR count). The molecule has 1 unspecified atom stereocenters. The average Bonchev–Trinajstić information content (AvgIpc) is 4.12. The van der Waals surface area contributed by atoms with Crippen molar-refractivity contribution >= 4 is 30.9 Å². The second kappa shape index (κ2) is 27.3. The fraction of sp³-hybridized carbons (Fsp3) is 0.914. The van der Waals surface area contributed by atoms with Gasteiger partial charge in [-0.05, 0) is 116 Å². The minimum atomic E-state index is -2.05. The number of rotatable bonds is 32. The third-order valence-electron chi connectivity index (χ3n) is 20.1. The van der Waals surface area contributed by atoms with Crippen LogP contribution in [0.4, 0.5) is 0 Å². The molecular formula is C58H104O14Si3. The number of aliphatic hydroxyl groups is 1. The lowest BCUT2D eigenvalue weighted by atomic mass is 9.82. The molecule has 14 nitrogen and oxygen atoms in total. The van der Waals surface area contributed by atoms with Gasteiger partial charge in [-0.2, -0.15) is 0 Å². The standard InChI is InChI=1S/C58H104O14Si3/c1-15-73(16-2,17-3)63-37-43(71-74(18-4,19-5)20-6)33-49-52(62-14)44(34-51(60)61-13)48(66-49)35-47-40(12)38(10)31-41(65-47)26-27-45-39(11)32-42(64-45)28-29-58-36-50-53(69-58)55-56(68-50)57(70-58)54(46(67-55)25-24-30-59)72-75(21-7,22-8)23-9/h38,41-50,52-57,59H,11-12,15-37H2,1-10,13-14H3/t38-,41+,42+,43+,44+,45+,46+,47-,48+,49-,50-,52-,53+,54+,55+,56-,57+,58?/m1/s1. The highest BCUT2D eigenvalue weighted by Crippen LogP contribution is 2.54. The SMILES string of the molecule is C=C1C[C@H](CCC23C[C@H]4O[C@H]5[C@@H](O2)[C@@H](O[Si](CC)(CC)CC)[C@H](CCCO)O[C@H]5[C@H]4O3)O[C@H]1CC[C@H]1C[C@@H](C)C(=C)[C@@H](C[C@@H]2O[C@H](C[C@@H](CO[Si](CC)(CC)CC)O[Si](CC)(CC)CC)[C@H](OC)[C@H]2CC(=O)OC)O1. The molecule has 0 radical (unpaired) electrons. The molecule has 432 valence electrons. The van der Waals surface area contributed by atoms with E-state index in [1.165, 1.54) is 7.11 Å². The van der Waals surface area contributed by atoms with Crippen molar-refractivity contribution in [2.75, 3.05) is 27.4 Å². The number of methoxy groups -OCH3 is 2. The highest BCUT2D eigenvalue weighted by molar-refractivity contribution is 6.74. The van der Waals surface area contributed by atoms with Gasteiger partial charge in [0.1, 0.15) is 30.5 Å². The number of aliphatic hydroxyl groups excluding tert-OH is 1. The van der Waals surface area contributed by atoms with Crippen molar-refractivity contribution in [3.05, 3.63) is 24.3 Å². The number of carbonyl (C=O) groups excluding carboxylic acids is 1. The van der Waals surface area contributed by atoms with E-state index >= 15 is 0 Å². The minimum Gasteiger partial charge on any atom is -0.469 e. The largest absolute Gasteiger partial charge is 0.469 e. The summed E-state index contributed by atoms with van der Waals surface area (Å²) in [7, 11) is -2.76. The summed E-state index contributed by atoms with van der Waals surface area (Å²) in [6, 6.07) is 9.46. The number of esters is 1. The van der Waals surface area contributed by atoms with E-state index in [2.05, 4.69) is 82.4 Å². The maximum absolute atomic E-state index is 13.1. The molecule has 0 spiro atoms. The van der Waals surface area contributed by atoms with Gasteiger partial charge in [0, 0.05) is 45.3 Å². The Morgan fingerprint density at radius 3 is 1.97 bits per heavy atom. The fourth-order valence-electron chi connectivity index (χ4n) is 14.4. The molecule has 0 aromatic carbocycles. The second-order valence-corrected chi connectivity index (χ2v) is 38.0. The zero-order valence-electron chi connectivity index (χ0n) is 48.7. The molecule has 1 N–H and O–H groups in total. The van der Waals surface area contributed by atoms with Gasteiger partial charge in [-0.25, -0.2) is 0 Å². The topological polar surface area (TPSA) is 148 Å². The molecule has 8 saturated heterocycles. The van der Waals surface area contributed by atoms with E-state index in [0.717, 1.165) is 97.6 Å². The van der Waals surface area contributed by atoms with Crippen molar-refractivity contribution in [3.8, 4) is 0 Å². The maximum atomic E-state index is 13.1. The minimum absolute atomic E-state index is 0.00468. The molecule has 0 amide bonds. The molecule has 0 saturated carbocycles. The Bertz CT molecular complexity index is 1810. The van der Waals surface area contributed by atoms with Crippen LogP contribution in [-0.4, -0.2) is 161 Å². The maximum Gasteiger partial charge on any atom is 0.305 e. The summed E-state index contributed by atoms with van der Waals surface area (Å²) < 4.78 is 81.8. The van der Waals surface area contributed by atoms with Crippen molar-refractivity contribution in [2.24, 2.45) is 11.8 Å². The zero-order valence-corrected chi connectivity index (χ0v) is 51.7. The van der Waals surface area contributed by atoms with Crippen molar-refractivity contribution in [2.45, 2.75) is 298 Å². The molecule has 17 heteroatoms. The Balaban J connectivity index is 0.981. The van der Waals surface area contributed by atoms with Gasteiger partial charge in [0.25, 0.3) is 0 Å². The van der Waals surface area contributed by atoms with Crippen LogP contribution in [0.3, 0.4) is 0 Å². The molecule has 8 fully saturated rings. The zero-order chi connectivity index (χ0) is 54.3. The number of hydrogen-bond acceptors (Lipinski definition) is 14. The summed E-state index contributed by atoms with van der Waals surface area (Å²) in [4.78, 5) is 13.1. The first-order valence-corrected chi connectivity index (χ1v) is 37.8. The monoisotopic (exact) mass is 1110 g/mol. The summed E-state index contributed by atoms with van der Waals surface area (Å²) in [6.07, 6.45) is 5.42. The Labute approximate surface area is 456 Å². The van der Waals surface area contributed by atoms with Gasteiger partial charge in [0.05, 0.1) is 81.2 Å². The van der Waals surface area contributed by atoms with Crippen LogP contribution in [-0.2, 0) is 60.7 Å². The highest BCUT2D eigenvalue weighted by Gasteiger charge is 2.68. The van der Waals surface area contributed by atoms with Crippen molar-refractivity contribution in [3.63, 3.8) is 0 Å². The summed E-state index contributed by atoms with van der Waals surface area (Å²) in [6.45, 7) is 32.5. The quantitative estimate of drug-likeness (QED) is 0.0387.